The Morgan fingerprint density at radius 3 is 2.78 bits per heavy atom. The summed E-state index contributed by atoms with van der Waals surface area (Å²) in [7, 11) is 1.64. The first kappa shape index (κ1) is 19.6. The van der Waals surface area contributed by atoms with E-state index in [0.29, 0.717) is 22.9 Å². The second-order valence-corrected chi connectivity index (χ2v) is 9.26. The predicted octanol–water partition coefficient (Wildman–Crippen LogP) is 5.46. The average Bonchev–Trinajstić information content (AvgIpc) is 3.36. The van der Waals surface area contributed by atoms with Gasteiger partial charge in [-0.15, -0.1) is 0 Å². The Bertz CT molecular complexity index is 1310. The van der Waals surface area contributed by atoms with E-state index in [0.717, 1.165) is 32.6 Å². The highest BCUT2D eigenvalue weighted by Gasteiger charge is 2.61. The second kappa shape index (κ2) is 6.98. The van der Waals surface area contributed by atoms with Crippen LogP contribution in [-0.2, 0) is 10.5 Å². The standard InChI is InChI=1S/C24H17BrClN3O3/c1-31-16-6-2-13(3-7-16)20-12-21-17-11-15(26)5-9-22(17)32-24(29(21)28-20)18-10-14(25)4-8-19(18)27-23(24)30/h2-11,21H,12H2,1H3,(H,27,30)/t21-,24-/m1/s1. The van der Waals surface area contributed by atoms with Crippen LogP contribution in [0.2, 0.25) is 5.02 Å². The van der Waals surface area contributed by atoms with E-state index in [1.165, 1.54) is 0 Å². The van der Waals surface area contributed by atoms with Gasteiger partial charge in [-0.2, -0.15) is 5.10 Å². The van der Waals surface area contributed by atoms with Crippen LogP contribution < -0.4 is 14.8 Å². The Hall–Kier alpha value is -3.03. The second-order valence-electron chi connectivity index (χ2n) is 7.91. The van der Waals surface area contributed by atoms with Gasteiger partial charge >= 0.3 is 5.72 Å². The van der Waals surface area contributed by atoms with Crippen molar-refractivity contribution >= 4 is 44.8 Å². The number of nitrogens with zero attached hydrogens (tertiary/aromatic N) is 2. The van der Waals surface area contributed by atoms with Gasteiger partial charge in [-0.05, 0) is 66.2 Å². The Balaban J connectivity index is 1.55. The summed E-state index contributed by atoms with van der Waals surface area (Å²) in [6, 6.07) is 18.7. The quantitative estimate of drug-likeness (QED) is 0.497. The van der Waals surface area contributed by atoms with Crippen LogP contribution in [0.4, 0.5) is 5.69 Å². The molecule has 3 aliphatic rings. The third-order valence-corrected chi connectivity index (χ3v) is 6.88. The number of hydrogen-bond acceptors (Lipinski definition) is 5. The fourth-order valence-corrected chi connectivity index (χ4v) is 5.18. The van der Waals surface area contributed by atoms with Gasteiger partial charge in [0.15, 0.2) is 0 Å². The van der Waals surface area contributed by atoms with Crippen LogP contribution in [-0.4, -0.2) is 23.7 Å². The molecular formula is C24H17BrClN3O3. The van der Waals surface area contributed by atoms with Gasteiger partial charge in [0.25, 0.3) is 5.91 Å². The maximum absolute atomic E-state index is 13.5. The average molecular weight is 511 g/mol. The van der Waals surface area contributed by atoms with E-state index in [2.05, 4.69) is 21.2 Å². The van der Waals surface area contributed by atoms with Gasteiger partial charge in [-0.1, -0.05) is 27.5 Å². The molecule has 3 aromatic rings. The lowest BCUT2D eigenvalue weighted by molar-refractivity contribution is -0.161. The number of halogens is 2. The highest BCUT2D eigenvalue weighted by molar-refractivity contribution is 9.10. The number of ether oxygens (including phenoxy) is 2. The van der Waals surface area contributed by atoms with Crippen LogP contribution in [0, 0.1) is 0 Å². The van der Waals surface area contributed by atoms with E-state index in [1.807, 2.05) is 54.6 Å². The minimum atomic E-state index is -1.40. The van der Waals surface area contributed by atoms with Crippen LogP contribution in [0.5, 0.6) is 11.5 Å². The van der Waals surface area contributed by atoms with Crippen molar-refractivity contribution in [2.75, 3.05) is 12.4 Å². The van der Waals surface area contributed by atoms with Crippen LogP contribution >= 0.6 is 27.5 Å². The summed E-state index contributed by atoms with van der Waals surface area (Å²) < 4.78 is 12.6. The number of benzene rings is 3. The van der Waals surface area contributed by atoms with Crippen molar-refractivity contribution in [2.45, 2.75) is 18.2 Å². The minimum absolute atomic E-state index is 0.203. The monoisotopic (exact) mass is 509 g/mol. The van der Waals surface area contributed by atoms with E-state index in [1.54, 1.807) is 18.2 Å². The molecule has 1 spiro atoms. The molecule has 1 N–H and O–H groups in total. The van der Waals surface area contributed by atoms with Crippen LogP contribution in [0.1, 0.15) is 29.2 Å². The van der Waals surface area contributed by atoms with Crippen molar-refractivity contribution in [3.8, 4) is 11.5 Å². The van der Waals surface area contributed by atoms with Crippen molar-refractivity contribution in [1.82, 2.24) is 5.01 Å². The number of hydrazone groups is 1. The summed E-state index contributed by atoms with van der Waals surface area (Å²) in [5.74, 6) is 1.14. The van der Waals surface area contributed by atoms with Crippen LogP contribution in [0.15, 0.2) is 70.2 Å². The summed E-state index contributed by atoms with van der Waals surface area (Å²) in [4.78, 5) is 13.5. The maximum atomic E-state index is 13.5. The highest BCUT2D eigenvalue weighted by Crippen LogP contribution is 2.54. The molecule has 0 saturated heterocycles. The van der Waals surface area contributed by atoms with E-state index in [9.17, 15) is 4.79 Å². The number of methoxy groups -OCH3 is 1. The van der Waals surface area contributed by atoms with Gasteiger partial charge in [0.2, 0.25) is 0 Å². The number of rotatable bonds is 2. The minimum Gasteiger partial charge on any atom is -0.497 e. The Morgan fingerprint density at radius 1 is 1.19 bits per heavy atom. The van der Waals surface area contributed by atoms with Crippen molar-refractivity contribution in [1.29, 1.82) is 0 Å². The lowest BCUT2D eigenvalue weighted by atomic mass is 9.92. The SMILES string of the molecule is COc1ccc(C2=NN3[C@H](C2)c2cc(Cl)ccc2O[C@]32C(=O)Nc3ccc(Br)cc32)cc1. The molecule has 2 atom stereocenters. The number of amides is 1. The molecule has 0 saturated carbocycles. The highest BCUT2D eigenvalue weighted by atomic mass is 79.9. The zero-order valence-electron chi connectivity index (χ0n) is 16.9. The molecule has 8 heteroatoms. The van der Waals surface area contributed by atoms with Gasteiger partial charge in [0.1, 0.15) is 11.5 Å². The zero-order valence-corrected chi connectivity index (χ0v) is 19.3. The van der Waals surface area contributed by atoms with Gasteiger partial charge in [-0.25, -0.2) is 5.01 Å². The molecule has 32 heavy (non-hydrogen) atoms. The molecule has 3 aromatic carbocycles. The molecule has 1 amide bonds. The molecule has 6 rings (SSSR count). The van der Waals surface area contributed by atoms with Crippen LogP contribution in [0.3, 0.4) is 0 Å². The van der Waals surface area contributed by atoms with E-state index in [-0.39, 0.29) is 11.9 Å². The summed E-state index contributed by atoms with van der Waals surface area (Å²) in [5, 5.41) is 10.3. The number of carbonyl (C=O) groups is 1. The molecule has 0 unspecified atom stereocenters. The number of fused-ring (bicyclic) bond motifs is 6. The summed E-state index contributed by atoms with van der Waals surface area (Å²) in [6.45, 7) is 0. The fraction of sp³-hybridized carbons (Fsp3) is 0.167. The predicted molar refractivity (Wildman–Crippen MR) is 125 cm³/mol. The largest absolute Gasteiger partial charge is 0.497 e. The lowest BCUT2D eigenvalue weighted by Gasteiger charge is -2.44. The summed E-state index contributed by atoms with van der Waals surface area (Å²) in [6.07, 6.45) is 0.612. The normalized spacial score (nSPS) is 22.6. The van der Waals surface area contributed by atoms with Gasteiger partial charge in [0.05, 0.1) is 30.1 Å². The van der Waals surface area contributed by atoms with Crippen LogP contribution in [0.25, 0.3) is 0 Å². The van der Waals surface area contributed by atoms with Crippen molar-refractivity contribution in [3.05, 3.63) is 86.8 Å². The molecule has 0 aliphatic carbocycles. The third-order valence-electron chi connectivity index (χ3n) is 6.15. The zero-order chi connectivity index (χ0) is 22.0. The number of carbonyl (C=O) groups excluding carboxylic acids is 1. The maximum Gasteiger partial charge on any atom is 0.306 e. The molecule has 160 valence electrons. The van der Waals surface area contributed by atoms with Crippen molar-refractivity contribution < 1.29 is 14.3 Å². The van der Waals surface area contributed by atoms with Gasteiger partial charge in [-0.3, -0.25) is 4.79 Å². The first-order valence-corrected chi connectivity index (χ1v) is 11.3. The Morgan fingerprint density at radius 2 is 2.00 bits per heavy atom. The Labute approximate surface area is 197 Å². The Kier molecular flexibility index (Phi) is 4.29. The van der Waals surface area contributed by atoms with E-state index in [4.69, 9.17) is 26.2 Å². The summed E-state index contributed by atoms with van der Waals surface area (Å²) >= 11 is 9.86. The molecule has 0 aromatic heterocycles. The van der Waals surface area contributed by atoms with Crippen molar-refractivity contribution in [2.24, 2.45) is 5.10 Å². The van der Waals surface area contributed by atoms with Gasteiger partial charge in [0, 0.05) is 21.5 Å². The molecular weight excluding hydrogens is 494 g/mol. The summed E-state index contributed by atoms with van der Waals surface area (Å²) in [5.41, 5.74) is 2.77. The van der Waals surface area contributed by atoms with E-state index >= 15 is 0 Å². The molecule has 0 radical (unpaired) electrons. The number of nitrogens with one attached hydrogen (secondary N) is 1. The first-order chi connectivity index (χ1) is 15.5. The molecule has 3 heterocycles. The van der Waals surface area contributed by atoms with Crippen molar-refractivity contribution in [3.63, 3.8) is 0 Å². The van der Waals surface area contributed by atoms with E-state index < -0.39 is 5.72 Å². The van der Waals surface area contributed by atoms with Gasteiger partial charge < -0.3 is 14.8 Å². The number of anilines is 1. The first-order valence-electron chi connectivity index (χ1n) is 10.1. The lowest BCUT2D eigenvalue weighted by Crippen LogP contribution is -2.55. The smallest absolute Gasteiger partial charge is 0.306 e. The molecule has 6 nitrogen and oxygen atoms in total. The topological polar surface area (TPSA) is 63.2 Å². The molecule has 3 aliphatic heterocycles. The number of hydrogen-bond donors (Lipinski definition) is 1. The fourth-order valence-electron chi connectivity index (χ4n) is 4.64. The molecule has 0 fully saturated rings. The third kappa shape index (κ3) is 2.71. The molecule has 0 bridgehead atoms.